The second-order valence-corrected chi connectivity index (χ2v) is 8.55. The predicted octanol–water partition coefficient (Wildman–Crippen LogP) is 2.76. The lowest BCUT2D eigenvalue weighted by atomic mass is 9.80. The van der Waals surface area contributed by atoms with Crippen molar-refractivity contribution in [3.05, 3.63) is 58.1 Å². The van der Waals surface area contributed by atoms with Crippen LogP contribution in [0.4, 0.5) is 5.69 Å². The number of para-hydroxylation sites is 1. The number of imide groups is 1. The molecule has 0 saturated carbocycles. The summed E-state index contributed by atoms with van der Waals surface area (Å²) in [4.78, 5) is 40.0. The van der Waals surface area contributed by atoms with Crippen molar-refractivity contribution in [2.75, 3.05) is 4.90 Å². The summed E-state index contributed by atoms with van der Waals surface area (Å²) in [5, 5.41) is 23.2. The van der Waals surface area contributed by atoms with Crippen molar-refractivity contribution in [2.45, 2.75) is 25.4 Å². The molecule has 2 aliphatic heterocycles. The Morgan fingerprint density at radius 1 is 1.17 bits per heavy atom. The molecule has 3 N–H and O–H groups in total. The molecule has 2 aliphatic rings. The van der Waals surface area contributed by atoms with Crippen LogP contribution in [0.2, 0.25) is 0 Å². The number of nitrogens with one attached hydrogen (secondary N) is 1. The highest BCUT2D eigenvalue weighted by molar-refractivity contribution is 9.10. The third-order valence-electron chi connectivity index (χ3n) is 5.91. The largest absolute Gasteiger partial charge is 0.508 e. The number of amides is 2. The Morgan fingerprint density at radius 3 is 2.52 bits per heavy atom. The molecule has 2 amide bonds. The van der Waals surface area contributed by atoms with Crippen molar-refractivity contribution in [1.29, 1.82) is 0 Å². The highest BCUT2D eigenvalue weighted by atomic mass is 79.9. The Labute approximate surface area is 175 Å². The standard InChI is InChI=1S/C21H19BrN2O5/c1-10-5-3-4-6-13(10)24-18(26)15-16(19(24)27)21(2,20(28)29)23-17(15)12-9-11(22)7-8-14(12)25/h3-9,15-17,23,25H,1-2H3,(H,28,29). The monoisotopic (exact) mass is 458 g/mol. The number of halogens is 1. The second-order valence-electron chi connectivity index (χ2n) is 7.63. The number of rotatable bonds is 3. The van der Waals surface area contributed by atoms with Crippen LogP contribution in [0.15, 0.2) is 46.9 Å². The molecular formula is C21H19BrN2O5. The van der Waals surface area contributed by atoms with Crippen LogP contribution < -0.4 is 10.2 Å². The zero-order valence-electron chi connectivity index (χ0n) is 15.7. The molecule has 8 heteroatoms. The van der Waals surface area contributed by atoms with E-state index < -0.39 is 41.2 Å². The van der Waals surface area contributed by atoms with Crippen LogP contribution in [-0.4, -0.2) is 33.5 Å². The lowest BCUT2D eigenvalue weighted by Gasteiger charge is -2.28. The van der Waals surface area contributed by atoms with Gasteiger partial charge in [0.05, 0.1) is 17.5 Å². The fourth-order valence-corrected chi connectivity index (χ4v) is 4.81. The lowest BCUT2D eigenvalue weighted by Crippen LogP contribution is -2.53. The molecule has 2 fully saturated rings. The Morgan fingerprint density at radius 2 is 1.86 bits per heavy atom. The molecular weight excluding hydrogens is 440 g/mol. The molecule has 4 unspecified atom stereocenters. The molecule has 150 valence electrons. The highest BCUT2D eigenvalue weighted by Crippen LogP contribution is 2.51. The van der Waals surface area contributed by atoms with Crippen molar-refractivity contribution < 1.29 is 24.6 Å². The summed E-state index contributed by atoms with van der Waals surface area (Å²) in [6, 6.07) is 10.9. The van der Waals surface area contributed by atoms with E-state index in [9.17, 15) is 24.6 Å². The van der Waals surface area contributed by atoms with Gasteiger partial charge in [0.1, 0.15) is 11.3 Å². The number of aromatic hydroxyl groups is 1. The van der Waals surface area contributed by atoms with Gasteiger partial charge in [0.25, 0.3) is 0 Å². The topological polar surface area (TPSA) is 107 Å². The van der Waals surface area contributed by atoms with Gasteiger partial charge in [-0.15, -0.1) is 0 Å². The van der Waals surface area contributed by atoms with Gasteiger partial charge in [0.15, 0.2) is 0 Å². The van der Waals surface area contributed by atoms with E-state index >= 15 is 0 Å². The van der Waals surface area contributed by atoms with Gasteiger partial charge >= 0.3 is 5.97 Å². The van der Waals surface area contributed by atoms with E-state index in [1.54, 1.807) is 43.3 Å². The molecule has 0 spiro atoms. The Balaban J connectivity index is 1.88. The third-order valence-corrected chi connectivity index (χ3v) is 6.41. The first-order chi connectivity index (χ1) is 13.7. The molecule has 2 heterocycles. The van der Waals surface area contributed by atoms with Crippen LogP contribution in [0.3, 0.4) is 0 Å². The summed E-state index contributed by atoms with van der Waals surface area (Å²) in [5.74, 6) is -4.38. The molecule has 4 rings (SSSR count). The maximum Gasteiger partial charge on any atom is 0.324 e. The minimum Gasteiger partial charge on any atom is -0.508 e. The number of carboxylic acid groups (broad SMARTS) is 1. The van der Waals surface area contributed by atoms with Gasteiger partial charge in [-0.1, -0.05) is 34.1 Å². The summed E-state index contributed by atoms with van der Waals surface area (Å²) in [6.45, 7) is 3.20. The van der Waals surface area contributed by atoms with Gasteiger partial charge in [0, 0.05) is 16.1 Å². The number of carboxylic acids is 1. The van der Waals surface area contributed by atoms with Crippen LogP contribution in [0, 0.1) is 18.8 Å². The number of phenols is 1. The number of aryl methyl sites for hydroxylation is 1. The number of hydrogen-bond donors (Lipinski definition) is 3. The van der Waals surface area contributed by atoms with E-state index in [4.69, 9.17) is 0 Å². The average Bonchev–Trinajstić information content (AvgIpc) is 3.12. The van der Waals surface area contributed by atoms with Gasteiger partial charge in [-0.05, 0) is 43.7 Å². The summed E-state index contributed by atoms with van der Waals surface area (Å²) in [6.07, 6.45) is 0. The highest BCUT2D eigenvalue weighted by Gasteiger charge is 2.67. The van der Waals surface area contributed by atoms with Gasteiger partial charge in [-0.3, -0.25) is 19.7 Å². The van der Waals surface area contributed by atoms with E-state index in [1.807, 2.05) is 0 Å². The van der Waals surface area contributed by atoms with Gasteiger partial charge in [-0.25, -0.2) is 4.90 Å². The number of carbonyl (C=O) groups excluding carboxylic acids is 2. The Hall–Kier alpha value is -2.71. The first-order valence-corrected chi connectivity index (χ1v) is 9.89. The summed E-state index contributed by atoms with van der Waals surface area (Å²) >= 11 is 3.34. The van der Waals surface area contributed by atoms with Crippen molar-refractivity contribution in [2.24, 2.45) is 11.8 Å². The van der Waals surface area contributed by atoms with E-state index in [1.165, 1.54) is 13.0 Å². The molecule has 0 radical (unpaired) electrons. The zero-order chi connectivity index (χ0) is 21.1. The molecule has 4 atom stereocenters. The van der Waals surface area contributed by atoms with Crippen LogP contribution in [0.5, 0.6) is 5.75 Å². The van der Waals surface area contributed by atoms with Crippen molar-refractivity contribution in [3.8, 4) is 5.75 Å². The normalized spacial score (nSPS) is 28.7. The SMILES string of the molecule is Cc1ccccc1N1C(=O)C2C(c3cc(Br)ccc3O)NC(C)(C(=O)O)C2C1=O. The Kier molecular flexibility index (Phi) is 4.51. The summed E-state index contributed by atoms with van der Waals surface area (Å²) in [5.41, 5.74) is -0.108. The number of carbonyl (C=O) groups is 3. The smallest absolute Gasteiger partial charge is 0.324 e. The fraction of sp³-hybridized carbons (Fsp3) is 0.286. The summed E-state index contributed by atoms with van der Waals surface area (Å²) < 4.78 is 0.667. The third kappa shape index (κ3) is 2.78. The number of phenolic OH excluding ortho intramolecular Hbond substituents is 1. The average molecular weight is 459 g/mol. The number of hydrogen-bond acceptors (Lipinski definition) is 5. The van der Waals surface area contributed by atoms with Gasteiger partial charge < -0.3 is 10.2 Å². The second kappa shape index (κ2) is 6.67. The maximum absolute atomic E-state index is 13.4. The Bertz CT molecular complexity index is 1060. The molecule has 0 aliphatic carbocycles. The van der Waals surface area contributed by atoms with Crippen LogP contribution in [-0.2, 0) is 14.4 Å². The molecule has 0 bridgehead atoms. The van der Waals surface area contributed by atoms with E-state index in [-0.39, 0.29) is 5.75 Å². The summed E-state index contributed by atoms with van der Waals surface area (Å²) in [7, 11) is 0. The van der Waals surface area contributed by atoms with Gasteiger partial charge in [0.2, 0.25) is 11.8 Å². The maximum atomic E-state index is 13.4. The van der Waals surface area contributed by atoms with Crippen LogP contribution in [0.1, 0.15) is 24.1 Å². The fourth-order valence-electron chi connectivity index (χ4n) is 4.43. The molecule has 2 saturated heterocycles. The molecule has 7 nitrogen and oxygen atoms in total. The minimum atomic E-state index is -1.66. The van der Waals surface area contributed by atoms with Crippen molar-refractivity contribution in [1.82, 2.24) is 5.32 Å². The quantitative estimate of drug-likeness (QED) is 0.610. The molecule has 2 aromatic carbocycles. The number of benzene rings is 2. The molecule has 29 heavy (non-hydrogen) atoms. The van der Waals surface area contributed by atoms with Gasteiger partial charge in [-0.2, -0.15) is 0 Å². The van der Waals surface area contributed by atoms with Crippen LogP contribution in [0.25, 0.3) is 0 Å². The first-order valence-electron chi connectivity index (χ1n) is 9.09. The van der Waals surface area contributed by atoms with Crippen molar-refractivity contribution >= 4 is 39.4 Å². The van der Waals surface area contributed by atoms with Crippen LogP contribution >= 0.6 is 15.9 Å². The van der Waals surface area contributed by atoms with E-state index in [2.05, 4.69) is 21.2 Å². The van der Waals surface area contributed by atoms with E-state index in [0.29, 0.717) is 15.7 Å². The van der Waals surface area contributed by atoms with E-state index in [0.717, 1.165) is 10.5 Å². The lowest BCUT2D eigenvalue weighted by molar-refractivity contribution is -0.147. The first kappa shape index (κ1) is 19.6. The molecule has 0 aromatic heterocycles. The molecule has 2 aromatic rings. The number of aliphatic carboxylic acids is 1. The predicted molar refractivity (Wildman–Crippen MR) is 108 cm³/mol. The number of fused-ring (bicyclic) bond motifs is 1. The zero-order valence-corrected chi connectivity index (χ0v) is 17.3. The van der Waals surface area contributed by atoms with Crippen molar-refractivity contribution in [3.63, 3.8) is 0 Å². The minimum absolute atomic E-state index is 0.0753. The number of nitrogens with zero attached hydrogens (tertiary/aromatic N) is 1. The number of anilines is 1.